The van der Waals surface area contributed by atoms with Gasteiger partial charge in [0.25, 0.3) is 0 Å². The van der Waals surface area contributed by atoms with Gasteiger partial charge in [-0.2, -0.15) is 11.8 Å². The molecule has 0 heterocycles. The van der Waals surface area contributed by atoms with Gasteiger partial charge < -0.3 is 5.32 Å². The largest absolute Gasteiger partial charge is 0.325 e. The van der Waals surface area contributed by atoms with E-state index in [-0.39, 0.29) is 15.7 Å². The van der Waals surface area contributed by atoms with E-state index in [1.165, 1.54) is 48.2 Å². The van der Waals surface area contributed by atoms with Gasteiger partial charge >= 0.3 is 0 Å². The Balaban J connectivity index is 2.22. The smallest absolute Gasteiger partial charge is 0.234 e. The van der Waals surface area contributed by atoms with Crippen LogP contribution in [0.1, 0.15) is 0 Å². The molecule has 0 aliphatic heterocycles. The Morgan fingerprint density at radius 1 is 1.05 bits per heavy atom. The van der Waals surface area contributed by atoms with E-state index in [0.29, 0.717) is 11.4 Å². The average Bonchev–Trinajstić information content (AvgIpc) is 2.48. The highest BCUT2D eigenvalue weighted by Crippen LogP contribution is 2.22. The highest BCUT2D eigenvalue weighted by Gasteiger charge is 2.17. The van der Waals surface area contributed by atoms with E-state index in [2.05, 4.69) is 5.32 Å². The second-order valence-electron chi connectivity index (χ2n) is 4.46. The number of hydrogen-bond donors (Lipinski definition) is 1. The molecule has 4 nitrogen and oxygen atoms in total. The predicted octanol–water partition coefficient (Wildman–Crippen LogP) is 2.96. The van der Waals surface area contributed by atoms with Gasteiger partial charge in [-0.3, -0.25) is 4.79 Å². The predicted molar refractivity (Wildman–Crippen MR) is 85.3 cm³/mol. The van der Waals surface area contributed by atoms with Gasteiger partial charge in [0, 0.05) is 5.69 Å². The molecular weight excluding hydrogens is 325 g/mol. The number of benzene rings is 2. The molecule has 0 spiro atoms. The summed E-state index contributed by atoms with van der Waals surface area (Å²) >= 11 is 1.40. The van der Waals surface area contributed by atoms with Gasteiger partial charge in [-0.1, -0.05) is 0 Å². The fraction of sp³-hybridized carbons (Fsp3) is 0.133. The molecule has 0 fully saturated rings. The van der Waals surface area contributed by atoms with Crippen molar-refractivity contribution < 1.29 is 17.6 Å². The number of sulfone groups is 1. The molecule has 7 heteroatoms. The molecule has 2 rings (SSSR count). The molecule has 0 aliphatic carbocycles. The highest BCUT2D eigenvalue weighted by molar-refractivity contribution is 7.99. The van der Waals surface area contributed by atoms with Gasteiger partial charge in [-0.25, -0.2) is 12.8 Å². The molecule has 0 aliphatic rings. The molecule has 1 N–H and O–H groups in total. The van der Waals surface area contributed by atoms with Crippen LogP contribution >= 0.6 is 11.8 Å². The lowest BCUT2D eigenvalue weighted by atomic mass is 10.3. The third-order valence-corrected chi connectivity index (χ3v) is 5.18. The Labute approximate surface area is 132 Å². The van der Waals surface area contributed by atoms with Crippen LogP contribution in [0.4, 0.5) is 10.1 Å². The first-order chi connectivity index (χ1) is 10.4. The first kappa shape index (κ1) is 16.5. The average molecular weight is 339 g/mol. The SMILES string of the molecule is CSCC(=O)Nc1ccc(S(=O)(=O)c2ccc(F)cc2)cc1. The third-order valence-electron chi connectivity index (χ3n) is 2.85. The molecule has 2 aromatic carbocycles. The summed E-state index contributed by atoms with van der Waals surface area (Å²) in [5.41, 5.74) is 0.525. The second-order valence-corrected chi connectivity index (χ2v) is 7.28. The Morgan fingerprint density at radius 2 is 1.55 bits per heavy atom. The normalized spacial score (nSPS) is 11.2. The van der Waals surface area contributed by atoms with E-state index in [4.69, 9.17) is 0 Å². The lowest BCUT2D eigenvalue weighted by Gasteiger charge is -2.07. The number of carbonyl (C=O) groups excluding carboxylic acids is 1. The molecule has 0 saturated heterocycles. The summed E-state index contributed by atoms with van der Waals surface area (Å²) in [5.74, 6) is -0.317. The molecule has 2 aromatic rings. The first-order valence-electron chi connectivity index (χ1n) is 6.33. The van der Waals surface area contributed by atoms with Crippen LogP contribution in [0.2, 0.25) is 0 Å². The monoisotopic (exact) mass is 339 g/mol. The second kappa shape index (κ2) is 6.93. The maximum Gasteiger partial charge on any atom is 0.234 e. The van der Waals surface area contributed by atoms with Crippen LogP contribution in [0.3, 0.4) is 0 Å². The van der Waals surface area contributed by atoms with Crippen LogP contribution in [0.15, 0.2) is 58.3 Å². The van der Waals surface area contributed by atoms with Crippen molar-refractivity contribution >= 4 is 33.2 Å². The van der Waals surface area contributed by atoms with E-state index < -0.39 is 15.7 Å². The van der Waals surface area contributed by atoms with E-state index in [9.17, 15) is 17.6 Å². The molecule has 0 saturated carbocycles. The van der Waals surface area contributed by atoms with Gasteiger partial charge in [0.05, 0.1) is 15.5 Å². The standard InChI is InChI=1S/C15H14FNO3S2/c1-21-10-15(18)17-12-4-8-14(9-5-12)22(19,20)13-6-2-11(16)3-7-13/h2-9H,10H2,1H3,(H,17,18). The van der Waals surface area contributed by atoms with Crippen molar-refractivity contribution in [1.29, 1.82) is 0 Å². The molecule has 22 heavy (non-hydrogen) atoms. The van der Waals surface area contributed by atoms with Gasteiger partial charge in [-0.05, 0) is 54.8 Å². The Bertz CT molecular complexity index is 756. The summed E-state index contributed by atoms with van der Waals surface area (Å²) in [5, 5.41) is 2.66. The van der Waals surface area contributed by atoms with Crippen molar-refractivity contribution in [3.8, 4) is 0 Å². The summed E-state index contributed by atoms with van der Waals surface area (Å²) in [6.45, 7) is 0. The minimum atomic E-state index is -3.69. The summed E-state index contributed by atoms with van der Waals surface area (Å²) in [7, 11) is -3.69. The number of rotatable bonds is 5. The number of halogens is 1. The van der Waals surface area contributed by atoms with E-state index in [1.54, 1.807) is 0 Å². The van der Waals surface area contributed by atoms with Gasteiger partial charge in [-0.15, -0.1) is 0 Å². The Kier molecular flexibility index (Phi) is 5.20. The fourth-order valence-electron chi connectivity index (χ4n) is 1.80. The van der Waals surface area contributed by atoms with Crippen LogP contribution in [0.5, 0.6) is 0 Å². The van der Waals surface area contributed by atoms with Gasteiger partial charge in [0.2, 0.25) is 15.7 Å². The molecule has 0 radical (unpaired) electrons. The molecule has 0 bridgehead atoms. The molecular formula is C15H14FNO3S2. The third kappa shape index (κ3) is 3.86. The molecule has 1 amide bonds. The lowest BCUT2D eigenvalue weighted by molar-refractivity contribution is -0.113. The maximum atomic E-state index is 12.9. The zero-order valence-corrected chi connectivity index (χ0v) is 13.4. The van der Waals surface area contributed by atoms with Crippen molar-refractivity contribution in [1.82, 2.24) is 0 Å². The quantitative estimate of drug-likeness (QED) is 0.851. The lowest BCUT2D eigenvalue weighted by Crippen LogP contribution is -2.13. The zero-order chi connectivity index (χ0) is 16.2. The fourth-order valence-corrected chi connectivity index (χ4v) is 3.39. The van der Waals surface area contributed by atoms with Gasteiger partial charge in [0.15, 0.2) is 0 Å². The summed E-state index contributed by atoms with van der Waals surface area (Å²) in [6, 6.07) is 10.5. The Hall–Kier alpha value is -1.86. The Morgan fingerprint density at radius 3 is 2.05 bits per heavy atom. The highest BCUT2D eigenvalue weighted by atomic mass is 32.2. The maximum absolute atomic E-state index is 12.9. The molecule has 0 aromatic heterocycles. The van der Waals surface area contributed by atoms with Crippen LogP contribution in [0, 0.1) is 5.82 Å². The van der Waals surface area contributed by atoms with E-state index in [0.717, 1.165) is 12.1 Å². The molecule has 0 unspecified atom stereocenters. The number of nitrogens with one attached hydrogen (secondary N) is 1. The first-order valence-corrected chi connectivity index (χ1v) is 9.20. The van der Waals surface area contributed by atoms with E-state index >= 15 is 0 Å². The summed E-state index contributed by atoms with van der Waals surface area (Å²) in [6.07, 6.45) is 1.82. The minimum absolute atomic E-state index is 0.0214. The summed E-state index contributed by atoms with van der Waals surface area (Å²) < 4.78 is 37.6. The van der Waals surface area contributed by atoms with Crippen molar-refractivity contribution in [2.75, 3.05) is 17.3 Å². The van der Waals surface area contributed by atoms with Gasteiger partial charge in [0.1, 0.15) is 5.82 Å². The number of anilines is 1. The van der Waals surface area contributed by atoms with Crippen molar-refractivity contribution in [3.63, 3.8) is 0 Å². The van der Waals surface area contributed by atoms with Crippen molar-refractivity contribution in [2.24, 2.45) is 0 Å². The topological polar surface area (TPSA) is 63.2 Å². The zero-order valence-electron chi connectivity index (χ0n) is 11.7. The van der Waals surface area contributed by atoms with Crippen LogP contribution in [-0.2, 0) is 14.6 Å². The number of hydrogen-bond acceptors (Lipinski definition) is 4. The molecule has 0 atom stereocenters. The number of amides is 1. The number of thioether (sulfide) groups is 1. The summed E-state index contributed by atoms with van der Waals surface area (Å²) in [4.78, 5) is 11.6. The van der Waals surface area contributed by atoms with E-state index in [1.807, 2.05) is 6.26 Å². The molecule has 116 valence electrons. The van der Waals surface area contributed by atoms with Crippen LogP contribution < -0.4 is 5.32 Å². The van der Waals surface area contributed by atoms with Crippen LogP contribution in [-0.4, -0.2) is 26.3 Å². The van der Waals surface area contributed by atoms with Crippen LogP contribution in [0.25, 0.3) is 0 Å². The number of carbonyl (C=O) groups is 1. The minimum Gasteiger partial charge on any atom is -0.325 e. The van der Waals surface area contributed by atoms with Crippen molar-refractivity contribution in [2.45, 2.75) is 9.79 Å². The van der Waals surface area contributed by atoms with Crippen molar-refractivity contribution in [3.05, 3.63) is 54.3 Å².